The molecule has 0 saturated carbocycles. The van der Waals surface area contributed by atoms with Crippen molar-refractivity contribution in [3.63, 3.8) is 0 Å². The van der Waals surface area contributed by atoms with Gasteiger partial charge in [-0.15, -0.1) is 0 Å². The Kier molecular flexibility index (Phi) is 7.48. The quantitative estimate of drug-likeness (QED) is 0.433. The fraction of sp³-hybridized carbons (Fsp3) is 0.556. The van der Waals surface area contributed by atoms with Crippen molar-refractivity contribution in [3.8, 4) is 0 Å². The molecule has 0 aromatic heterocycles. The molecule has 0 radical (unpaired) electrons. The highest BCUT2D eigenvalue weighted by Gasteiger charge is 2.36. The molecule has 1 amide bonds. The first-order valence-electron chi connectivity index (χ1n) is 9.19. The van der Waals surface area contributed by atoms with E-state index in [1.807, 2.05) is 13.8 Å². The van der Waals surface area contributed by atoms with Crippen molar-refractivity contribution in [1.29, 1.82) is 0 Å². The normalized spacial score (nSPS) is 17.3. The molecule has 10 heteroatoms. The van der Waals surface area contributed by atoms with E-state index >= 15 is 0 Å². The minimum absolute atomic E-state index is 0.128. The van der Waals surface area contributed by atoms with E-state index in [1.54, 1.807) is 0 Å². The van der Waals surface area contributed by atoms with Crippen LogP contribution >= 0.6 is 0 Å². The molecule has 1 aromatic carbocycles. The molecule has 1 aromatic rings. The predicted molar refractivity (Wildman–Crippen MR) is 97.9 cm³/mol. The van der Waals surface area contributed by atoms with Crippen LogP contribution in [0.5, 0.6) is 0 Å². The molecule has 0 bridgehead atoms. The largest absolute Gasteiger partial charge is 0.475 e. The molecule has 3 N–H and O–H groups in total. The van der Waals surface area contributed by atoms with E-state index in [9.17, 15) is 32.8 Å². The molecule has 2 rings (SSSR count). The van der Waals surface area contributed by atoms with E-state index in [4.69, 9.17) is 0 Å². The average Bonchev–Trinajstić information content (AvgIpc) is 2.55. The molecule has 0 spiro atoms. The van der Waals surface area contributed by atoms with Crippen LogP contribution in [0, 0.1) is 23.4 Å². The van der Waals surface area contributed by atoms with E-state index in [-0.39, 0.29) is 30.2 Å². The van der Waals surface area contributed by atoms with Gasteiger partial charge in [-0.2, -0.15) is 0 Å². The van der Waals surface area contributed by atoms with Gasteiger partial charge >= 0.3 is 7.12 Å². The molecule has 2 unspecified atom stereocenters. The number of ketones is 1. The van der Waals surface area contributed by atoms with E-state index in [0.717, 1.165) is 6.07 Å². The van der Waals surface area contributed by atoms with Crippen LogP contribution in [-0.2, 0) is 9.59 Å². The Morgan fingerprint density at radius 3 is 2.36 bits per heavy atom. The lowest BCUT2D eigenvalue weighted by atomic mass is 9.75. The lowest BCUT2D eigenvalue weighted by molar-refractivity contribution is -0.126. The van der Waals surface area contributed by atoms with Crippen molar-refractivity contribution in [2.75, 3.05) is 11.4 Å². The summed E-state index contributed by atoms with van der Waals surface area (Å²) in [6.07, 6.45) is 0.492. The van der Waals surface area contributed by atoms with Crippen LogP contribution < -0.4 is 10.2 Å². The molecule has 1 saturated heterocycles. The van der Waals surface area contributed by atoms with Crippen molar-refractivity contribution in [3.05, 3.63) is 29.6 Å². The van der Waals surface area contributed by atoms with Crippen LogP contribution in [0.1, 0.15) is 39.5 Å². The molecule has 6 nitrogen and oxygen atoms in total. The van der Waals surface area contributed by atoms with Gasteiger partial charge in [0.25, 0.3) is 0 Å². The van der Waals surface area contributed by atoms with E-state index < -0.39 is 42.5 Å². The monoisotopic (exact) mass is 400 g/mol. The van der Waals surface area contributed by atoms with Gasteiger partial charge in [-0.05, 0) is 18.8 Å². The number of Topliss-reactive ketones (excluding diaryl/α,β-unsaturated/α-hetero) is 1. The summed E-state index contributed by atoms with van der Waals surface area (Å²) in [5.74, 6) is -4.99. The predicted octanol–water partition coefficient (Wildman–Crippen LogP) is 1.57. The van der Waals surface area contributed by atoms with Crippen molar-refractivity contribution in [2.24, 2.45) is 5.92 Å². The smallest absolute Gasteiger partial charge is 0.426 e. The fourth-order valence-electron chi connectivity index (χ4n) is 3.19. The number of halogens is 3. The summed E-state index contributed by atoms with van der Waals surface area (Å²) in [5.41, 5.74) is -0.187. The number of nitrogens with zero attached hydrogens (tertiary/aromatic N) is 1. The summed E-state index contributed by atoms with van der Waals surface area (Å²) in [5, 5.41) is 21.1. The number of carbonyl (C=O) groups is 2. The van der Waals surface area contributed by atoms with Crippen LogP contribution in [0.15, 0.2) is 12.1 Å². The molecule has 28 heavy (non-hydrogen) atoms. The molecule has 1 heterocycles. The Bertz CT molecular complexity index is 733. The van der Waals surface area contributed by atoms with Crippen LogP contribution in [-0.4, -0.2) is 47.4 Å². The van der Waals surface area contributed by atoms with Gasteiger partial charge in [0.1, 0.15) is 5.82 Å². The van der Waals surface area contributed by atoms with Crippen LogP contribution in [0.25, 0.3) is 0 Å². The number of benzene rings is 1. The third-order valence-electron chi connectivity index (χ3n) is 4.72. The third-order valence-corrected chi connectivity index (χ3v) is 4.72. The topological polar surface area (TPSA) is 89.9 Å². The highest BCUT2D eigenvalue weighted by atomic mass is 19.2. The first kappa shape index (κ1) is 22.2. The summed E-state index contributed by atoms with van der Waals surface area (Å²) in [4.78, 5) is 25.7. The Labute approximate surface area is 161 Å². The summed E-state index contributed by atoms with van der Waals surface area (Å²) in [6.45, 7) is 4.05. The van der Waals surface area contributed by atoms with Gasteiger partial charge in [0.2, 0.25) is 5.91 Å². The van der Waals surface area contributed by atoms with Crippen molar-refractivity contribution >= 4 is 24.5 Å². The first-order valence-corrected chi connectivity index (χ1v) is 9.19. The lowest BCUT2D eigenvalue weighted by Crippen LogP contribution is -2.53. The van der Waals surface area contributed by atoms with Gasteiger partial charge in [0.05, 0.1) is 17.7 Å². The van der Waals surface area contributed by atoms with E-state index in [1.165, 1.54) is 4.90 Å². The van der Waals surface area contributed by atoms with E-state index in [0.29, 0.717) is 25.5 Å². The SMILES string of the molecule is CC(C)CC(NC(=O)CCC(=O)C1CCN1c1cc(F)c(F)cc1F)B(O)O. The second-order valence-corrected chi connectivity index (χ2v) is 7.40. The van der Waals surface area contributed by atoms with Gasteiger partial charge in [0, 0.05) is 31.5 Å². The third kappa shape index (κ3) is 5.48. The minimum Gasteiger partial charge on any atom is -0.426 e. The summed E-state index contributed by atoms with van der Waals surface area (Å²) in [6, 6.07) is 0.449. The van der Waals surface area contributed by atoms with Gasteiger partial charge in [-0.25, -0.2) is 13.2 Å². The lowest BCUT2D eigenvalue weighted by Gasteiger charge is -2.42. The molecule has 1 aliphatic heterocycles. The zero-order valence-corrected chi connectivity index (χ0v) is 15.8. The number of anilines is 1. The highest BCUT2D eigenvalue weighted by molar-refractivity contribution is 6.43. The van der Waals surface area contributed by atoms with Gasteiger partial charge in [-0.3, -0.25) is 9.59 Å². The number of hydrogen-bond acceptors (Lipinski definition) is 5. The Hall–Kier alpha value is -2.07. The molecule has 0 aliphatic carbocycles. The average molecular weight is 400 g/mol. The molecule has 1 aliphatic rings. The highest BCUT2D eigenvalue weighted by Crippen LogP contribution is 2.31. The summed E-state index contributed by atoms with van der Waals surface area (Å²) >= 11 is 0. The van der Waals surface area contributed by atoms with Crippen molar-refractivity contribution < 1.29 is 32.8 Å². The van der Waals surface area contributed by atoms with E-state index in [2.05, 4.69) is 5.32 Å². The number of rotatable bonds is 9. The Balaban J connectivity index is 1.91. The Morgan fingerprint density at radius 2 is 1.82 bits per heavy atom. The second-order valence-electron chi connectivity index (χ2n) is 7.40. The zero-order chi connectivity index (χ0) is 21.0. The van der Waals surface area contributed by atoms with Crippen molar-refractivity contribution in [2.45, 2.75) is 51.5 Å². The zero-order valence-electron chi connectivity index (χ0n) is 15.8. The van der Waals surface area contributed by atoms with Crippen LogP contribution in [0.2, 0.25) is 0 Å². The number of amides is 1. The number of nitrogens with one attached hydrogen (secondary N) is 1. The summed E-state index contributed by atoms with van der Waals surface area (Å²) in [7, 11) is -1.71. The van der Waals surface area contributed by atoms with Gasteiger partial charge < -0.3 is 20.3 Å². The standard InChI is InChI=1S/C18H24BF3N2O4/c1-10(2)7-17(19(27)28)23-18(26)4-3-16(25)14-5-6-24(14)15-9-12(21)11(20)8-13(15)22/h8-10,14,17,27-28H,3-7H2,1-2H3,(H,23,26). The Morgan fingerprint density at radius 1 is 1.18 bits per heavy atom. The van der Waals surface area contributed by atoms with Crippen LogP contribution in [0.4, 0.5) is 18.9 Å². The van der Waals surface area contributed by atoms with Gasteiger partial charge in [-0.1, -0.05) is 13.8 Å². The van der Waals surface area contributed by atoms with Crippen LogP contribution in [0.3, 0.4) is 0 Å². The summed E-state index contributed by atoms with van der Waals surface area (Å²) < 4.78 is 40.4. The second kappa shape index (κ2) is 9.42. The maximum absolute atomic E-state index is 13.9. The molecule has 2 atom stereocenters. The maximum Gasteiger partial charge on any atom is 0.475 e. The molecular formula is C18H24BF3N2O4. The fourth-order valence-corrected chi connectivity index (χ4v) is 3.19. The van der Waals surface area contributed by atoms with Gasteiger partial charge in [0.15, 0.2) is 17.4 Å². The molecule has 154 valence electrons. The number of carbonyl (C=O) groups excluding carboxylic acids is 2. The minimum atomic E-state index is -1.71. The molecular weight excluding hydrogens is 376 g/mol. The molecule has 1 fully saturated rings. The number of hydrogen-bond donors (Lipinski definition) is 3. The first-order chi connectivity index (χ1) is 13.1. The van der Waals surface area contributed by atoms with Crippen molar-refractivity contribution in [1.82, 2.24) is 5.32 Å². The maximum atomic E-state index is 13.9.